The topological polar surface area (TPSA) is 94.9 Å². The minimum atomic E-state index is -0.350. The van der Waals surface area contributed by atoms with Crippen molar-refractivity contribution >= 4 is 23.3 Å². The molecule has 1 aromatic carbocycles. The van der Waals surface area contributed by atoms with Gasteiger partial charge in [0.25, 0.3) is 5.91 Å². The van der Waals surface area contributed by atoms with E-state index >= 15 is 0 Å². The van der Waals surface area contributed by atoms with E-state index in [0.717, 1.165) is 16.7 Å². The lowest BCUT2D eigenvalue weighted by molar-refractivity contribution is -0.130. The molecule has 1 aliphatic heterocycles. The largest absolute Gasteiger partial charge is 0.508 e. The Morgan fingerprint density at radius 3 is 2.81 bits per heavy atom. The second-order valence-electron chi connectivity index (χ2n) is 6.26. The molecule has 1 aromatic heterocycles. The second-order valence-corrected chi connectivity index (χ2v) is 6.26. The van der Waals surface area contributed by atoms with Crippen molar-refractivity contribution in [2.45, 2.75) is 26.2 Å². The predicted octanol–water partition coefficient (Wildman–Crippen LogP) is 2.23. The summed E-state index contributed by atoms with van der Waals surface area (Å²) in [6, 6.07) is 8.89. The van der Waals surface area contributed by atoms with Crippen LogP contribution < -0.4 is 5.32 Å². The van der Waals surface area contributed by atoms with Gasteiger partial charge >= 0.3 is 0 Å². The van der Waals surface area contributed by atoms with Crippen LogP contribution in [0.5, 0.6) is 5.75 Å². The summed E-state index contributed by atoms with van der Waals surface area (Å²) in [6.07, 6.45) is 2.95. The number of nitrogens with one attached hydrogen (secondary N) is 1. The molecule has 134 valence electrons. The number of rotatable bonds is 4. The Kier molecular flexibility index (Phi) is 4.97. The monoisotopic (exact) mass is 352 g/mol. The summed E-state index contributed by atoms with van der Waals surface area (Å²) in [5.74, 6) is 0.215. The van der Waals surface area contributed by atoms with Crippen LogP contribution in [-0.2, 0) is 16.0 Å². The fraction of sp³-hybridized carbons (Fsp3) is 0.263. The van der Waals surface area contributed by atoms with Gasteiger partial charge in [0.2, 0.25) is 5.91 Å². The zero-order valence-corrected chi connectivity index (χ0v) is 14.7. The third-order valence-corrected chi connectivity index (χ3v) is 4.24. The van der Waals surface area contributed by atoms with Crippen LogP contribution in [0.1, 0.15) is 29.5 Å². The van der Waals surface area contributed by atoms with Gasteiger partial charge in [-0.05, 0) is 48.2 Å². The van der Waals surface area contributed by atoms with E-state index in [-0.39, 0.29) is 24.0 Å². The van der Waals surface area contributed by atoms with Crippen LogP contribution in [0.3, 0.4) is 0 Å². The Bertz CT molecular complexity index is 892. The van der Waals surface area contributed by atoms with Crippen LogP contribution in [0, 0.1) is 6.92 Å². The van der Waals surface area contributed by atoms with Gasteiger partial charge in [-0.3, -0.25) is 9.59 Å². The second kappa shape index (κ2) is 7.35. The van der Waals surface area contributed by atoms with Gasteiger partial charge in [-0.1, -0.05) is 12.1 Å². The predicted molar refractivity (Wildman–Crippen MR) is 98.0 cm³/mol. The highest BCUT2D eigenvalue weighted by Gasteiger charge is 2.22. The van der Waals surface area contributed by atoms with E-state index in [2.05, 4.69) is 15.4 Å². The molecule has 3 rings (SSSR count). The van der Waals surface area contributed by atoms with E-state index in [1.165, 1.54) is 12.1 Å². The van der Waals surface area contributed by atoms with E-state index in [1.807, 2.05) is 13.0 Å². The number of phenols is 1. The maximum atomic E-state index is 12.3. The molecule has 0 saturated heterocycles. The number of aromatic hydroxyl groups is 1. The number of hydrazone groups is 1. The summed E-state index contributed by atoms with van der Waals surface area (Å²) in [7, 11) is 1.54. The van der Waals surface area contributed by atoms with E-state index in [0.29, 0.717) is 24.4 Å². The number of carbonyl (C=O) groups is 2. The van der Waals surface area contributed by atoms with Gasteiger partial charge in [-0.2, -0.15) is 5.10 Å². The first-order valence-electron chi connectivity index (χ1n) is 8.31. The number of hydrogen-bond donors (Lipinski definition) is 2. The smallest absolute Gasteiger partial charge is 0.273 e. The number of amides is 2. The van der Waals surface area contributed by atoms with Crippen molar-refractivity contribution in [3.05, 3.63) is 53.2 Å². The molecule has 2 N–H and O–H groups in total. The van der Waals surface area contributed by atoms with Gasteiger partial charge in [-0.25, -0.2) is 9.99 Å². The average molecular weight is 352 g/mol. The summed E-state index contributed by atoms with van der Waals surface area (Å²) in [5, 5.41) is 17.5. The van der Waals surface area contributed by atoms with Crippen LogP contribution in [0.2, 0.25) is 0 Å². The van der Waals surface area contributed by atoms with Crippen LogP contribution in [-0.4, -0.2) is 39.7 Å². The Labute approximate surface area is 151 Å². The number of hydrogen-bond acceptors (Lipinski definition) is 5. The molecule has 0 spiro atoms. The summed E-state index contributed by atoms with van der Waals surface area (Å²) in [6.45, 7) is 1.94. The average Bonchev–Trinajstić information content (AvgIpc) is 2.60. The molecule has 1 aliphatic rings. The van der Waals surface area contributed by atoms with Gasteiger partial charge in [0, 0.05) is 26.1 Å². The molecule has 0 fully saturated rings. The summed E-state index contributed by atoms with van der Waals surface area (Å²) >= 11 is 0. The molecular formula is C19H20N4O3. The number of aryl methyl sites for hydroxylation is 1. The van der Waals surface area contributed by atoms with Crippen molar-refractivity contribution in [3.63, 3.8) is 0 Å². The summed E-state index contributed by atoms with van der Waals surface area (Å²) < 4.78 is 0. The third kappa shape index (κ3) is 4.05. The van der Waals surface area contributed by atoms with Crippen molar-refractivity contribution < 1.29 is 14.7 Å². The fourth-order valence-electron chi connectivity index (χ4n) is 2.75. The molecule has 0 atom stereocenters. The SMILES string of the molecule is Cc1cc(NC(=O)C2=NN(C)C(=O)CC2)ncc1Cc1cccc(O)c1. The van der Waals surface area contributed by atoms with Gasteiger partial charge < -0.3 is 10.4 Å². The fourth-order valence-corrected chi connectivity index (χ4v) is 2.75. The highest BCUT2D eigenvalue weighted by molar-refractivity contribution is 6.43. The Morgan fingerprint density at radius 2 is 2.12 bits per heavy atom. The Balaban J connectivity index is 1.70. The molecule has 7 heteroatoms. The van der Waals surface area contributed by atoms with E-state index in [1.54, 1.807) is 30.5 Å². The first kappa shape index (κ1) is 17.6. The lowest BCUT2D eigenvalue weighted by Crippen LogP contribution is -2.34. The molecular weight excluding hydrogens is 332 g/mol. The zero-order valence-electron chi connectivity index (χ0n) is 14.7. The molecule has 0 bridgehead atoms. The van der Waals surface area contributed by atoms with E-state index in [9.17, 15) is 14.7 Å². The van der Waals surface area contributed by atoms with Crippen molar-refractivity contribution in [1.82, 2.24) is 9.99 Å². The molecule has 26 heavy (non-hydrogen) atoms. The Morgan fingerprint density at radius 1 is 1.31 bits per heavy atom. The lowest BCUT2D eigenvalue weighted by atomic mass is 10.0. The lowest BCUT2D eigenvalue weighted by Gasteiger charge is -2.18. The van der Waals surface area contributed by atoms with Gasteiger partial charge in [0.05, 0.1) is 0 Å². The third-order valence-electron chi connectivity index (χ3n) is 4.24. The number of anilines is 1. The number of pyridine rings is 1. The summed E-state index contributed by atoms with van der Waals surface area (Å²) in [5.41, 5.74) is 3.29. The van der Waals surface area contributed by atoms with Gasteiger partial charge in [-0.15, -0.1) is 0 Å². The number of carbonyl (C=O) groups excluding carboxylic acids is 2. The van der Waals surface area contributed by atoms with Crippen molar-refractivity contribution in [1.29, 1.82) is 0 Å². The first-order valence-corrected chi connectivity index (χ1v) is 8.31. The minimum Gasteiger partial charge on any atom is -0.508 e. The Hall–Kier alpha value is -3.22. The van der Waals surface area contributed by atoms with Crippen LogP contribution in [0.15, 0.2) is 41.6 Å². The van der Waals surface area contributed by atoms with Crippen molar-refractivity contribution in [2.75, 3.05) is 12.4 Å². The highest BCUT2D eigenvalue weighted by atomic mass is 16.3. The number of aromatic nitrogens is 1. The van der Waals surface area contributed by atoms with Crippen LogP contribution >= 0.6 is 0 Å². The quantitative estimate of drug-likeness (QED) is 0.882. The molecule has 2 heterocycles. The summed E-state index contributed by atoms with van der Waals surface area (Å²) in [4.78, 5) is 28.0. The minimum absolute atomic E-state index is 0.105. The molecule has 2 aromatic rings. The number of phenolic OH excluding ortho intramolecular Hbond substituents is 1. The van der Waals surface area contributed by atoms with Crippen molar-refractivity contribution in [3.8, 4) is 5.75 Å². The van der Waals surface area contributed by atoms with E-state index < -0.39 is 0 Å². The highest BCUT2D eigenvalue weighted by Crippen LogP contribution is 2.19. The maximum absolute atomic E-state index is 12.3. The molecule has 0 aliphatic carbocycles. The molecule has 2 amide bonds. The van der Waals surface area contributed by atoms with Crippen LogP contribution in [0.4, 0.5) is 5.82 Å². The normalized spacial score (nSPS) is 14.2. The molecule has 7 nitrogen and oxygen atoms in total. The number of nitrogens with zero attached hydrogens (tertiary/aromatic N) is 3. The molecule has 0 saturated carbocycles. The van der Waals surface area contributed by atoms with Crippen molar-refractivity contribution in [2.24, 2.45) is 5.10 Å². The van der Waals surface area contributed by atoms with E-state index in [4.69, 9.17) is 0 Å². The first-order chi connectivity index (χ1) is 12.4. The molecule has 0 radical (unpaired) electrons. The zero-order chi connectivity index (χ0) is 18.7. The molecule has 0 unspecified atom stereocenters. The van der Waals surface area contributed by atoms with Gasteiger partial charge in [0.1, 0.15) is 17.3 Å². The van der Waals surface area contributed by atoms with Crippen LogP contribution in [0.25, 0.3) is 0 Å². The maximum Gasteiger partial charge on any atom is 0.273 e. The number of benzene rings is 1. The van der Waals surface area contributed by atoms with Gasteiger partial charge in [0.15, 0.2) is 0 Å². The standard InChI is InChI=1S/C19H20N4O3/c1-12-8-17(21-19(26)16-6-7-18(25)23(2)22-16)20-11-14(12)9-13-4-3-5-15(24)10-13/h3-5,8,10-11,24H,6-7,9H2,1-2H3,(H,20,21,26).